The molecule has 1 aromatic rings. The van der Waals surface area contributed by atoms with Crippen LogP contribution in [0.1, 0.15) is 12.5 Å². The highest BCUT2D eigenvalue weighted by atomic mass is 16.4. The normalized spacial score (nSPS) is 12.1. The summed E-state index contributed by atoms with van der Waals surface area (Å²) in [6, 6.07) is 1.04. The molecule has 14 heavy (non-hydrogen) atoms. The van der Waals surface area contributed by atoms with Gasteiger partial charge < -0.3 is 16.2 Å². The fraction of sp³-hybridized carbons (Fsp3) is 0.333. The summed E-state index contributed by atoms with van der Waals surface area (Å²) in [5.41, 5.74) is 7.05. The van der Waals surface area contributed by atoms with Gasteiger partial charge in [-0.3, -0.25) is 4.79 Å². The Labute approximate surface area is 82.0 Å². The Morgan fingerprint density at radius 2 is 2.36 bits per heavy atom. The molecule has 0 aliphatic carbocycles. The smallest absolute Gasteiger partial charge is 0.325 e. The second-order valence-corrected chi connectivity index (χ2v) is 3.15. The summed E-state index contributed by atoms with van der Waals surface area (Å²) >= 11 is 0. The zero-order valence-corrected chi connectivity index (χ0v) is 8.11. The summed E-state index contributed by atoms with van der Waals surface area (Å²) in [6.45, 7) is 3.40. The second kappa shape index (κ2) is 3.95. The van der Waals surface area contributed by atoms with Gasteiger partial charge in [0.2, 0.25) is 0 Å². The fourth-order valence-electron chi connectivity index (χ4n) is 0.979. The van der Waals surface area contributed by atoms with Crippen molar-refractivity contribution in [2.45, 2.75) is 19.9 Å². The van der Waals surface area contributed by atoms with E-state index in [0.717, 1.165) is 5.56 Å². The first-order chi connectivity index (χ1) is 6.50. The minimum Gasteiger partial charge on any atom is -0.480 e. The number of nitrogens with two attached hydrogens (primary N) is 1. The van der Waals surface area contributed by atoms with Gasteiger partial charge in [0, 0.05) is 6.20 Å². The second-order valence-electron chi connectivity index (χ2n) is 3.15. The number of aromatic nitrogens is 1. The molecule has 0 spiro atoms. The molecule has 0 bridgehead atoms. The molecule has 0 aliphatic heterocycles. The number of hydrogen-bond donors (Lipinski definition) is 3. The van der Waals surface area contributed by atoms with Crippen LogP contribution in [0.25, 0.3) is 0 Å². The average molecular weight is 195 g/mol. The highest BCUT2D eigenvalue weighted by Crippen LogP contribution is 2.16. The van der Waals surface area contributed by atoms with Crippen LogP contribution in [0.3, 0.4) is 0 Å². The minimum atomic E-state index is -0.938. The lowest BCUT2D eigenvalue weighted by Gasteiger charge is -2.11. The van der Waals surface area contributed by atoms with Crippen molar-refractivity contribution in [3.8, 4) is 0 Å². The van der Waals surface area contributed by atoms with Crippen LogP contribution >= 0.6 is 0 Å². The van der Waals surface area contributed by atoms with Crippen molar-refractivity contribution in [1.82, 2.24) is 4.98 Å². The molecule has 5 heteroatoms. The van der Waals surface area contributed by atoms with Gasteiger partial charge in [-0.2, -0.15) is 0 Å². The molecular formula is C9H13N3O2. The third-order valence-electron chi connectivity index (χ3n) is 1.78. The van der Waals surface area contributed by atoms with Crippen LogP contribution in [0.4, 0.5) is 11.5 Å². The predicted molar refractivity (Wildman–Crippen MR) is 54.1 cm³/mol. The molecule has 1 unspecified atom stereocenters. The van der Waals surface area contributed by atoms with Gasteiger partial charge in [0.15, 0.2) is 0 Å². The Morgan fingerprint density at radius 1 is 1.71 bits per heavy atom. The van der Waals surface area contributed by atoms with Gasteiger partial charge in [-0.1, -0.05) is 0 Å². The summed E-state index contributed by atoms with van der Waals surface area (Å²) in [6.07, 6.45) is 1.63. The molecular weight excluding hydrogens is 182 g/mol. The molecule has 0 aliphatic rings. The maximum atomic E-state index is 10.6. The first kappa shape index (κ1) is 10.3. The lowest BCUT2D eigenvalue weighted by atomic mass is 10.2. The molecule has 76 valence electrons. The van der Waals surface area contributed by atoms with E-state index in [-0.39, 0.29) is 0 Å². The zero-order chi connectivity index (χ0) is 10.7. The quantitative estimate of drug-likeness (QED) is 0.665. The van der Waals surface area contributed by atoms with E-state index >= 15 is 0 Å². The van der Waals surface area contributed by atoms with Gasteiger partial charge in [0.05, 0.1) is 5.69 Å². The summed E-state index contributed by atoms with van der Waals surface area (Å²) in [5, 5.41) is 11.4. The van der Waals surface area contributed by atoms with Gasteiger partial charge in [0.1, 0.15) is 11.9 Å². The van der Waals surface area contributed by atoms with Crippen LogP contribution in [0.15, 0.2) is 12.3 Å². The largest absolute Gasteiger partial charge is 0.480 e. The van der Waals surface area contributed by atoms with E-state index in [0.29, 0.717) is 11.5 Å². The van der Waals surface area contributed by atoms with E-state index in [1.54, 1.807) is 12.3 Å². The van der Waals surface area contributed by atoms with Gasteiger partial charge >= 0.3 is 5.97 Å². The number of pyridine rings is 1. The Bertz CT molecular complexity index is 352. The Morgan fingerprint density at radius 3 is 2.86 bits per heavy atom. The molecule has 1 rings (SSSR count). The number of aliphatic carboxylic acids is 1. The average Bonchev–Trinajstić information content (AvgIpc) is 2.09. The number of carboxylic acids is 1. The predicted octanol–water partition coefficient (Wildman–Crippen LogP) is 0.857. The first-order valence-corrected chi connectivity index (χ1v) is 4.22. The van der Waals surface area contributed by atoms with E-state index in [1.165, 1.54) is 6.92 Å². The first-order valence-electron chi connectivity index (χ1n) is 4.22. The number of carboxylic acid groups (broad SMARTS) is 1. The Balaban J connectivity index is 2.82. The van der Waals surface area contributed by atoms with Crippen molar-refractivity contribution in [3.05, 3.63) is 17.8 Å². The van der Waals surface area contributed by atoms with E-state index in [2.05, 4.69) is 10.3 Å². The molecule has 1 heterocycles. The highest BCUT2D eigenvalue weighted by molar-refractivity contribution is 5.78. The molecule has 0 saturated heterocycles. The van der Waals surface area contributed by atoms with E-state index in [4.69, 9.17) is 10.8 Å². The number of nitrogen functional groups attached to an aromatic ring is 1. The standard InChI is InChI=1S/C9H13N3O2/c1-5-3-7(10)8(11-4-5)12-6(2)9(13)14/h3-4,6H,10H2,1-2H3,(H,11,12)(H,13,14). The van der Waals surface area contributed by atoms with Crippen molar-refractivity contribution < 1.29 is 9.90 Å². The van der Waals surface area contributed by atoms with Crippen molar-refractivity contribution in [1.29, 1.82) is 0 Å². The summed E-state index contributed by atoms with van der Waals surface area (Å²) in [4.78, 5) is 14.6. The maximum Gasteiger partial charge on any atom is 0.325 e. The molecule has 1 aromatic heterocycles. The molecule has 1 atom stereocenters. The summed E-state index contributed by atoms with van der Waals surface area (Å²) in [7, 11) is 0. The number of nitrogens with one attached hydrogen (secondary N) is 1. The van der Waals surface area contributed by atoms with Crippen LogP contribution in [0.2, 0.25) is 0 Å². The van der Waals surface area contributed by atoms with Crippen molar-refractivity contribution in [3.63, 3.8) is 0 Å². The van der Waals surface area contributed by atoms with Gasteiger partial charge in [-0.15, -0.1) is 0 Å². The van der Waals surface area contributed by atoms with Crippen LogP contribution in [0, 0.1) is 6.92 Å². The van der Waals surface area contributed by atoms with Crippen LogP contribution < -0.4 is 11.1 Å². The highest BCUT2D eigenvalue weighted by Gasteiger charge is 2.12. The maximum absolute atomic E-state index is 10.6. The Kier molecular flexibility index (Phi) is 2.91. The van der Waals surface area contributed by atoms with E-state index < -0.39 is 12.0 Å². The fourth-order valence-corrected chi connectivity index (χ4v) is 0.979. The third kappa shape index (κ3) is 2.35. The molecule has 0 amide bonds. The molecule has 0 fully saturated rings. The SMILES string of the molecule is Cc1cnc(NC(C)C(=O)O)c(N)c1. The third-order valence-corrected chi connectivity index (χ3v) is 1.78. The van der Waals surface area contributed by atoms with Crippen LogP contribution in [0.5, 0.6) is 0 Å². The van der Waals surface area contributed by atoms with Crippen LogP contribution in [-0.4, -0.2) is 22.1 Å². The van der Waals surface area contributed by atoms with Crippen LogP contribution in [-0.2, 0) is 4.79 Å². The summed E-state index contributed by atoms with van der Waals surface area (Å²) < 4.78 is 0. The number of hydrogen-bond acceptors (Lipinski definition) is 4. The summed E-state index contributed by atoms with van der Waals surface area (Å²) in [5.74, 6) is -0.530. The number of carbonyl (C=O) groups is 1. The van der Waals surface area contributed by atoms with Crippen molar-refractivity contribution in [2.24, 2.45) is 0 Å². The van der Waals surface area contributed by atoms with Crippen molar-refractivity contribution >= 4 is 17.5 Å². The zero-order valence-electron chi connectivity index (χ0n) is 8.11. The lowest BCUT2D eigenvalue weighted by molar-refractivity contribution is -0.137. The van der Waals surface area contributed by atoms with Gasteiger partial charge in [-0.25, -0.2) is 4.98 Å². The minimum absolute atomic E-state index is 0.408. The molecule has 4 N–H and O–H groups in total. The number of rotatable bonds is 3. The van der Waals surface area contributed by atoms with Crippen molar-refractivity contribution in [2.75, 3.05) is 11.1 Å². The van der Waals surface area contributed by atoms with E-state index in [9.17, 15) is 4.79 Å². The number of aryl methyl sites for hydroxylation is 1. The van der Waals surface area contributed by atoms with Gasteiger partial charge in [-0.05, 0) is 25.5 Å². The Hall–Kier alpha value is -1.78. The number of anilines is 2. The monoisotopic (exact) mass is 195 g/mol. The van der Waals surface area contributed by atoms with Gasteiger partial charge in [0.25, 0.3) is 0 Å². The lowest BCUT2D eigenvalue weighted by Crippen LogP contribution is -2.26. The molecule has 0 aromatic carbocycles. The topological polar surface area (TPSA) is 88.2 Å². The molecule has 0 radical (unpaired) electrons. The molecule has 0 saturated carbocycles. The van der Waals surface area contributed by atoms with E-state index in [1.807, 2.05) is 6.92 Å². The molecule has 5 nitrogen and oxygen atoms in total. The number of nitrogens with zero attached hydrogens (tertiary/aromatic N) is 1.